The minimum absolute atomic E-state index is 0. The third-order valence-corrected chi connectivity index (χ3v) is 4.80. The maximum atomic E-state index is 13.7. The van der Waals surface area contributed by atoms with Crippen LogP contribution in [0.1, 0.15) is 26.2 Å². The summed E-state index contributed by atoms with van der Waals surface area (Å²) in [6, 6.07) is 3.88. The van der Waals surface area contributed by atoms with Crippen molar-refractivity contribution in [2.75, 3.05) is 32.0 Å². The van der Waals surface area contributed by atoms with E-state index in [0.29, 0.717) is 5.02 Å². The summed E-state index contributed by atoms with van der Waals surface area (Å²) in [6.07, 6.45) is 3.38. The van der Waals surface area contributed by atoms with Crippen LogP contribution in [0.25, 0.3) is 0 Å². The maximum absolute atomic E-state index is 13.7. The molecule has 1 atom stereocenters. The van der Waals surface area contributed by atoms with Gasteiger partial charge in [-0.1, -0.05) is 11.6 Å². The van der Waals surface area contributed by atoms with Crippen LogP contribution in [0.2, 0.25) is 5.02 Å². The predicted octanol–water partition coefficient (Wildman–Crippen LogP) is 3.55. The number of amides is 1. The lowest BCUT2D eigenvalue weighted by atomic mass is 9.93. The number of anilines is 1. The van der Waals surface area contributed by atoms with E-state index in [4.69, 9.17) is 11.6 Å². The van der Waals surface area contributed by atoms with E-state index in [1.165, 1.54) is 24.6 Å². The molecule has 0 spiro atoms. The van der Waals surface area contributed by atoms with Crippen molar-refractivity contribution in [2.45, 2.75) is 32.2 Å². The topological polar surface area (TPSA) is 44.4 Å². The van der Waals surface area contributed by atoms with E-state index in [9.17, 15) is 9.18 Å². The van der Waals surface area contributed by atoms with E-state index < -0.39 is 5.82 Å². The molecular weight excluding hydrogens is 352 g/mol. The monoisotopic (exact) mass is 377 g/mol. The Morgan fingerprint density at radius 1 is 1.42 bits per heavy atom. The molecule has 136 valence electrons. The van der Waals surface area contributed by atoms with Gasteiger partial charge in [0.1, 0.15) is 5.82 Å². The number of hydrogen-bond acceptors (Lipinski definition) is 3. The molecule has 1 aliphatic heterocycles. The normalized spacial score (nSPS) is 17.2. The Morgan fingerprint density at radius 2 is 2.08 bits per heavy atom. The van der Waals surface area contributed by atoms with Crippen molar-refractivity contribution in [1.29, 1.82) is 0 Å². The molecule has 2 rings (SSSR count). The van der Waals surface area contributed by atoms with Gasteiger partial charge >= 0.3 is 0 Å². The average molecular weight is 378 g/mol. The third-order valence-electron chi connectivity index (χ3n) is 4.57. The van der Waals surface area contributed by atoms with Crippen molar-refractivity contribution >= 4 is 35.6 Å². The lowest BCUT2D eigenvalue weighted by Crippen LogP contribution is -2.46. The number of hydrogen-bond donors (Lipinski definition) is 2. The molecule has 1 amide bonds. The molecule has 0 aliphatic carbocycles. The second kappa shape index (κ2) is 10.2. The Morgan fingerprint density at radius 3 is 2.71 bits per heavy atom. The van der Waals surface area contributed by atoms with Crippen LogP contribution in [0.4, 0.5) is 10.1 Å². The van der Waals surface area contributed by atoms with E-state index in [0.717, 1.165) is 38.4 Å². The van der Waals surface area contributed by atoms with Crippen molar-refractivity contribution in [2.24, 2.45) is 5.92 Å². The number of piperidine rings is 1. The van der Waals surface area contributed by atoms with E-state index in [2.05, 4.69) is 15.5 Å². The first kappa shape index (κ1) is 21.2. The van der Waals surface area contributed by atoms with Gasteiger partial charge in [0.15, 0.2) is 0 Å². The second-order valence-corrected chi connectivity index (χ2v) is 6.60. The first-order valence-corrected chi connectivity index (χ1v) is 8.53. The molecule has 0 saturated carbocycles. The highest BCUT2D eigenvalue weighted by molar-refractivity contribution is 6.30. The van der Waals surface area contributed by atoms with E-state index >= 15 is 0 Å². The summed E-state index contributed by atoms with van der Waals surface area (Å²) in [5.74, 6) is 0.0555. The summed E-state index contributed by atoms with van der Waals surface area (Å²) < 4.78 is 13.7. The van der Waals surface area contributed by atoms with Gasteiger partial charge in [-0.25, -0.2) is 4.39 Å². The lowest BCUT2D eigenvalue weighted by Gasteiger charge is -2.35. The highest BCUT2D eigenvalue weighted by Gasteiger charge is 2.26. The molecule has 1 aromatic rings. The molecule has 0 bridgehead atoms. The number of rotatable bonds is 6. The van der Waals surface area contributed by atoms with Gasteiger partial charge in [-0.15, -0.1) is 12.4 Å². The largest absolute Gasteiger partial charge is 0.322 e. The average Bonchev–Trinajstić information content (AvgIpc) is 2.56. The van der Waals surface area contributed by atoms with Gasteiger partial charge < -0.3 is 10.6 Å². The molecule has 24 heavy (non-hydrogen) atoms. The van der Waals surface area contributed by atoms with Crippen LogP contribution in [0.5, 0.6) is 0 Å². The van der Waals surface area contributed by atoms with Gasteiger partial charge in [-0.05, 0) is 77.0 Å². The van der Waals surface area contributed by atoms with Crippen molar-refractivity contribution in [3.05, 3.63) is 29.0 Å². The maximum Gasteiger partial charge on any atom is 0.241 e. The molecule has 0 aromatic heterocycles. The molecule has 2 N–H and O–H groups in total. The molecule has 1 heterocycles. The molecule has 1 fully saturated rings. The Hall–Kier alpha value is -0.880. The van der Waals surface area contributed by atoms with Crippen LogP contribution in [-0.2, 0) is 4.79 Å². The summed E-state index contributed by atoms with van der Waals surface area (Å²) >= 11 is 5.85. The second-order valence-electron chi connectivity index (χ2n) is 6.16. The number of likely N-dealkylation sites (tertiary alicyclic amines) is 1. The van der Waals surface area contributed by atoms with Gasteiger partial charge in [0.2, 0.25) is 5.91 Å². The number of halogens is 3. The van der Waals surface area contributed by atoms with Crippen LogP contribution < -0.4 is 10.6 Å². The van der Waals surface area contributed by atoms with Crippen LogP contribution in [0.3, 0.4) is 0 Å². The highest BCUT2D eigenvalue weighted by Crippen LogP contribution is 2.23. The first-order valence-electron chi connectivity index (χ1n) is 8.16. The summed E-state index contributed by atoms with van der Waals surface area (Å²) in [5, 5.41) is 6.23. The Kier molecular flexibility index (Phi) is 8.98. The van der Waals surface area contributed by atoms with Crippen LogP contribution >= 0.6 is 24.0 Å². The Labute approximate surface area is 154 Å². The van der Waals surface area contributed by atoms with E-state index in [1.807, 2.05) is 14.0 Å². The van der Waals surface area contributed by atoms with Crippen LogP contribution in [0, 0.1) is 11.7 Å². The summed E-state index contributed by atoms with van der Waals surface area (Å²) in [6.45, 7) is 4.71. The fourth-order valence-electron chi connectivity index (χ4n) is 2.97. The lowest BCUT2D eigenvalue weighted by molar-refractivity contribution is -0.121. The molecule has 7 heteroatoms. The van der Waals surface area contributed by atoms with Crippen LogP contribution in [0.15, 0.2) is 18.2 Å². The molecule has 1 aromatic carbocycles. The number of nitrogens with zero attached hydrogens (tertiary/aromatic N) is 1. The smallest absolute Gasteiger partial charge is 0.241 e. The minimum atomic E-state index is -0.472. The van der Waals surface area contributed by atoms with Gasteiger partial charge in [0, 0.05) is 5.02 Å². The predicted molar refractivity (Wildman–Crippen MR) is 99.6 cm³/mol. The summed E-state index contributed by atoms with van der Waals surface area (Å²) in [7, 11) is 1.97. The number of nitrogens with one attached hydrogen (secondary N) is 2. The van der Waals surface area contributed by atoms with Gasteiger partial charge in [-0.3, -0.25) is 9.69 Å². The molecular formula is C17H26Cl2FN3O. The molecule has 1 saturated heterocycles. The minimum Gasteiger partial charge on any atom is -0.322 e. The zero-order chi connectivity index (χ0) is 16.8. The fraction of sp³-hybridized carbons (Fsp3) is 0.588. The molecule has 4 nitrogen and oxygen atoms in total. The number of carbonyl (C=O) groups is 1. The zero-order valence-electron chi connectivity index (χ0n) is 14.1. The number of benzene rings is 1. The highest BCUT2D eigenvalue weighted by atomic mass is 35.5. The van der Waals surface area contributed by atoms with Crippen molar-refractivity contribution in [3.8, 4) is 0 Å². The zero-order valence-corrected chi connectivity index (χ0v) is 15.7. The van der Waals surface area contributed by atoms with Crippen molar-refractivity contribution < 1.29 is 9.18 Å². The first-order chi connectivity index (χ1) is 11.0. The van der Waals surface area contributed by atoms with Crippen LogP contribution in [-0.4, -0.2) is 43.5 Å². The summed E-state index contributed by atoms with van der Waals surface area (Å²) in [5.41, 5.74) is 0.137. The summed E-state index contributed by atoms with van der Waals surface area (Å²) in [4.78, 5) is 14.5. The Bertz CT molecular complexity index is 537. The number of carbonyl (C=O) groups excluding carboxylic acids is 1. The van der Waals surface area contributed by atoms with Gasteiger partial charge in [0.25, 0.3) is 0 Å². The molecule has 1 aliphatic rings. The standard InChI is InChI=1S/C17H25ClFN3O.ClH/c1-12(22-9-6-13(7-10-22)5-8-20-2)17(23)21-16-11-14(18)3-4-15(16)19;/h3-4,11-13,20H,5-10H2,1-2H3,(H,21,23);1H. The van der Waals surface area contributed by atoms with Crippen molar-refractivity contribution in [3.63, 3.8) is 0 Å². The van der Waals surface area contributed by atoms with Gasteiger partial charge in [-0.2, -0.15) is 0 Å². The van der Waals surface area contributed by atoms with E-state index in [-0.39, 0.29) is 30.0 Å². The Balaban J connectivity index is 0.00000288. The molecule has 0 radical (unpaired) electrons. The fourth-order valence-corrected chi connectivity index (χ4v) is 3.15. The van der Waals surface area contributed by atoms with Crippen molar-refractivity contribution in [1.82, 2.24) is 10.2 Å². The van der Waals surface area contributed by atoms with E-state index in [1.54, 1.807) is 0 Å². The third kappa shape index (κ3) is 5.88. The van der Waals surface area contributed by atoms with Gasteiger partial charge in [0.05, 0.1) is 11.7 Å². The quantitative estimate of drug-likeness (QED) is 0.796. The SMILES string of the molecule is CNCCC1CCN(C(C)C(=O)Nc2cc(Cl)ccc2F)CC1.Cl. The molecule has 1 unspecified atom stereocenters.